The molecule has 1 aliphatic heterocycles. The van der Waals surface area contributed by atoms with Gasteiger partial charge in [-0.1, -0.05) is 12.8 Å². The number of cyclic esters (lactones) is 1. The Hall–Kier alpha value is -1.59. The largest absolute Gasteiger partial charge is 0.447 e. The lowest BCUT2D eigenvalue weighted by atomic mass is 9.97. The van der Waals surface area contributed by atoms with Gasteiger partial charge >= 0.3 is 6.09 Å². The minimum atomic E-state index is -0.898. The van der Waals surface area contributed by atoms with Gasteiger partial charge in [-0.25, -0.2) is 14.1 Å². The SMILES string of the molecule is N=C(/C(F)=C\N)N1C(=O)OCC12CCCC2. The van der Waals surface area contributed by atoms with E-state index in [0.29, 0.717) is 6.20 Å². The monoisotopic (exact) mass is 227 g/mol. The fourth-order valence-corrected chi connectivity index (χ4v) is 2.43. The van der Waals surface area contributed by atoms with Crippen LogP contribution in [0.5, 0.6) is 0 Å². The number of nitrogens with two attached hydrogens (primary N) is 1. The van der Waals surface area contributed by atoms with Crippen LogP contribution in [0.4, 0.5) is 9.18 Å². The second-order valence-electron chi connectivity index (χ2n) is 4.18. The maximum absolute atomic E-state index is 13.2. The number of carbonyl (C=O) groups is 1. The standard InChI is InChI=1S/C10H14FN3O2/c11-7(5-12)8(13)14-9(15)16-6-10(14)3-1-2-4-10/h5,13H,1-4,6,12H2/b7-5+,13-8?. The zero-order valence-corrected chi connectivity index (χ0v) is 8.83. The third kappa shape index (κ3) is 1.45. The van der Waals surface area contributed by atoms with Crippen molar-refractivity contribution in [3.63, 3.8) is 0 Å². The molecule has 2 rings (SSSR count). The number of halogens is 1. The number of amidine groups is 1. The summed E-state index contributed by atoms with van der Waals surface area (Å²) in [5.74, 6) is -1.39. The Kier molecular flexibility index (Phi) is 2.57. The molecule has 0 aromatic rings. The van der Waals surface area contributed by atoms with Gasteiger partial charge in [-0.05, 0) is 12.8 Å². The van der Waals surface area contributed by atoms with Gasteiger partial charge in [0.05, 0.1) is 5.54 Å². The molecule has 88 valence electrons. The third-order valence-electron chi connectivity index (χ3n) is 3.25. The van der Waals surface area contributed by atoms with Gasteiger partial charge in [-0.3, -0.25) is 5.41 Å². The molecular weight excluding hydrogens is 213 g/mol. The summed E-state index contributed by atoms with van der Waals surface area (Å²) >= 11 is 0. The molecule has 1 heterocycles. The van der Waals surface area contributed by atoms with Crippen molar-refractivity contribution in [2.45, 2.75) is 31.2 Å². The van der Waals surface area contributed by atoms with E-state index in [2.05, 4.69) is 0 Å². The molecular formula is C10H14FN3O2. The zero-order chi connectivity index (χ0) is 11.8. The van der Waals surface area contributed by atoms with Crippen molar-refractivity contribution in [2.24, 2.45) is 5.73 Å². The molecule has 1 amide bonds. The maximum Gasteiger partial charge on any atom is 0.416 e. The van der Waals surface area contributed by atoms with Crippen LogP contribution in [0.15, 0.2) is 12.0 Å². The van der Waals surface area contributed by atoms with Gasteiger partial charge in [0, 0.05) is 6.20 Å². The van der Waals surface area contributed by atoms with Crippen LogP contribution in [0, 0.1) is 5.41 Å². The highest BCUT2D eigenvalue weighted by atomic mass is 19.1. The average molecular weight is 227 g/mol. The Morgan fingerprint density at radius 2 is 2.19 bits per heavy atom. The number of rotatable bonds is 1. The molecule has 3 N–H and O–H groups in total. The van der Waals surface area contributed by atoms with Crippen LogP contribution in [-0.2, 0) is 4.74 Å². The van der Waals surface area contributed by atoms with E-state index in [1.165, 1.54) is 0 Å². The molecule has 0 atom stereocenters. The van der Waals surface area contributed by atoms with E-state index in [-0.39, 0.29) is 6.61 Å². The molecule has 16 heavy (non-hydrogen) atoms. The first-order valence-corrected chi connectivity index (χ1v) is 5.24. The Labute approximate surface area is 92.5 Å². The first kappa shape index (κ1) is 10.9. The molecule has 1 saturated heterocycles. The zero-order valence-electron chi connectivity index (χ0n) is 8.83. The summed E-state index contributed by atoms with van der Waals surface area (Å²) in [6.45, 7) is 0.242. The van der Waals surface area contributed by atoms with Crippen molar-refractivity contribution in [1.29, 1.82) is 5.41 Å². The van der Waals surface area contributed by atoms with Crippen LogP contribution in [0.25, 0.3) is 0 Å². The van der Waals surface area contributed by atoms with Gasteiger partial charge in [-0.2, -0.15) is 0 Å². The fourth-order valence-electron chi connectivity index (χ4n) is 2.43. The summed E-state index contributed by atoms with van der Waals surface area (Å²) < 4.78 is 18.2. The first-order chi connectivity index (χ1) is 7.60. The van der Waals surface area contributed by atoms with E-state index in [9.17, 15) is 9.18 Å². The molecule has 0 aromatic heterocycles. The predicted octanol–water partition coefficient (Wildman–Crippen LogP) is 1.50. The van der Waals surface area contributed by atoms with Gasteiger partial charge in [0.15, 0.2) is 11.7 Å². The number of carbonyl (C=O) groups excluding carboxylic acids is 1. The molecule has 0 aromatic carbocycles. The Bertz CT molecular complexity index is 361. The number of nitrogens with zero attached hydrogens (tertiary/aromatic N) is 1. The van der Waals surface area contributed by atoms with Crippen molar-refractivity contribution in [1.82, 2.24) is 4.90 Å². The number of amides is 1. The second kappa shape index (κ2) is 3.77. The molecule has 5 nitrogen and oxygen atoms in total. The highest BCUT2D eigenvalue weighted by molar-refractivity contribution is 6.04. The number of hydrogen-bond acceptors (Lipinski definition) is 4. The Morgan fingerprint density at radius 3 is 2.75 bits per heavy atom. The van der Waals surface area contributed by atoms with Crippen molar-refractivity contribution in [2.75, 3.05) is 6.61 Å². The van der Waals surface area contributed by atoms with E-state index in [1.54, 1.807) is 0 Å². The highest BCUT2D eigenvalue weighted by Crippen LogP contribution is 2.40. The third-order valence-corrected chi connectivity index (χ3v) is 3.25. The molecule has 0 radical (unpaired) electrons. The van der Waals surface area contributed by atoms with Crippen molar-refractivity contribution < 1.29 is 13.9 Å². The summed E-state index contributed by atoms with van der Waals surface area (Å²) in [6.07, 6.45) is 3.47. The number of hydrogen-bond donors (Lipinski definition) is 2. The van der Waals surface area contributed by atoms with Gasteiger partial charge < -0.3 is 10.5 Å². The second-order valence-corrected chi connectivity index (χ2v) is 4.18. The van der Waals surface area contributed by atoms with Crippen molar-refractivity contribution in [3.05, 3.63) is 12.0 Å². The van der Waals surface area contributed by atoms with Crippen LogP contribution in [-0.4, -0.2) is 29.0 Å². The molecule has 2 aliphatic rings. The minimum Gasteiger partial charge on any atom is -0.447 e. The maximum atomic E-state index is 13.2. The average Bonchev–Trinajstić information content (AvgIpc) is 2.86. The molecule has 0 unspecified atom stereocenters. The Balaban J connectivity index is 2.29. The number of ether oxygens (including phenoxy) is 1. The smallest absolute Gasteiger partial charge is 0.416 e. The molecule has 1 aliphatic carbocycles. The molecule has 1 spiro atoms. The van der Waals surface area contributed by atoms with Crippen LogP contribution in [0.2, 0.25) is 0 Å². The van der Waals surface area contributed by atoms with E-state index in [1.807, 2.05) is 0 Å². The lowest BCUT2D eigenvalue weighted by Gasteiger charge is -2.30. The molecule has 6 heteroatoms. The highest BCUT2D eigenvalue weighted by Gasteiger charge is 2.51. The van der Waals surface area contributed by atoms with Crippen LogP contribution in [0.1, 0.15) is 25.7 Å². The van der Waals surface area contributed by atoms with E-state index < -0.39 is 23.3 Å². The number of nitrogens with one attached hydrogen (secondary N) is 1. The summed E-state index contributed by atoms with van der Waals surface area (Å²) in [7, 11) is 0. The molecule has 0 bridgehead atoms. The lowest BCUT2D eigenvalue weighted by molar-refractivity contribution is 0.168. The first-order valence-electron chi connectivity index (χ1n) is 5.24. The van der Waals surface area contributed by atoms with Gasteiger partial charge in [0.25, 0.3) is 0 Å². The van der Waals surface area contributed by atoms with Crippen molar-refractivity contribution >= 4 is 11.9 Å². The van der Waals surface area contributed by atoms with Gasteiger partial charge in [0.2, 0.25) is 0 Å². The fraction of sp³-hybridized carbons (Fsp3) is 0.600. The van der Waals surface area contributed by atoms with Crippen LogP contribution in [0.3, 0.4) is 0 Å². The van der Waals surface area contributed by atoms with Crippen LogP contribution < -0.4 is 5.73 Å². The van der Waals surface area contributed by atoms with Crippen LogP contribution >= 0.6 is 0 Å². The molecule has 2 fully saturated rings. The quantitative estimate of drug-likeness (QED) is 0.526. The van der Waals surface area contributed by atoms with Crippen molar-refractivity contribution in [3.8, 4) is 0 Å². The lowest BCUT2D eigenvalue weighted by Crippen LogP contribution is -2.48. The predicted molar refractivity (Wildman–Crippen MR) is 55.5 cm³/mol. The summed E-state index contributed by atoms with van der Waals surface area (Å²) in [5.41, 5.74) is 4.50. The summed E-state index contributed by atoms with van der Waals surface area (Å²) in [6, 6.07) is 0. The van der Waals surface area contributed by atoms with E-state index in [4.69, 9.17) is 15.9 Å². The van der Waals surface area contributed by atoms with Gasteiger partial charge in [-0.15, -0.1) is 0 Å². The summed E-state index contributed by atoms with van der Waals surface area (Å²) in [5, 5.41) is 7.61. The van der Waals surface area contributed by atoms with E-state index >= 15 is 0 Å². The Morgan fingerprint density at radius 1 is 1.56 bits per heavy atom. The van der Waals surface area contributed by atoms with Gasteiger partial charge in [0.1, 0.15) is 6.61 Å². The van der Waals surface area contributed by atoms with E-state index in [0.717, 1.165) is 30.6 Å². The topological polar surface area (TPSA) is 79.4 Å². The summed E-state index contributed by atoms with van der Waals surface area (Å²) in [4.78, 5) is 12.6. The normalized spacial score (nSPS) is 23.9. The molecule has 1 saturated carbocycles. The minimum absolute atomic E-state index is 0.242.